The fourth-order valence-electron chi connectivity index (χ4n) is 1.35. The summed E-state index contributed by atoms with van der Waals surface area (Å²) in [6.07, 6.45) is 0. The zero-order valence-corrected chi connectivity index (χ0v) is 9.36. The van der Waals surface area contributed by atoms with Gasteiger partial charge in [-0.1, -0.05) is 0 Å². The van der Waals surface area contributed by atoms with Crippen molar-refractivity contribution in [2.24, 2.45) is 5.84 Å². The molecule has 0 spiro atoms. The van der Waals surface area contributed by atoms with Gasteiger partial charge < -0.3 is 0 Å². The number of thiophene rings is 1. The number of nitrogens with one attached hydrogen (secondary N) is 1. The van der Waals surface area contributed by atoms with E-state index in [0.717, 1.165) is 5.69 Å². The molecule has 1 atom stereocenters. The third kappa shape index (κ3) is 1.72. The topological polar surface area (TPSA) is 50.9 Å². The fourth-order valence-corrected chi connectivity index (χ4v) is 2.89. The second-order valence-corrected chi connectivity index (χ2v) is 4.61. The first kappa shape index (κ1) is 9.79. The van der Waals surface area contributed by atoms with Gasteiger partial charge in [-0.05, 0) is 41.5 Å². The fraction of sp³-hybridized carbons (Fsp3) is 0.222. The lowest BCUT2D eigenvalue weighted by Gasteiger charge is -2.12. The van der Waals surface area contributed by atoms with Crippen LogP contribution in [0.3, 0.4) is 0 Å². The molecule has 3 nitrogen and oxygen atoms in total. The van der Waals surface area contributed by atoms with Crippen LogP contribution in [0.5, 0.6) is 0 Å². The van der Waals surface area contributed by atoms with Crippen molar-refractivity contribution in [2.75, 3.05) is 0 Å². The molecule has 2 heterocycles. The largest absolute Gasteiger partial charge is 0.270 e. The number of hydrogen-bond acceptors (Lipinski definition) is 5. The van der Waals surface area contributed by atoms with Crippen LogP contribution in [0, 0.1) is 6.92 Å². The summed E-state index contributed by atoms with van der Waals surface area (Å²) in [6.45, 7) is 2.09. The predicted molar refractivity (Wildman–Crippen MR) is 60.3 cm³/mol. The molecule has 5 heteroatoms. The van der Waals surface area contributed by atoms with Crippen LogP contribution in [0.25, 0.3) is 0 Å². The second-order valence-electron chi connectivity index (χ2n) is 2.99. The Morgan fingerprint density at radius 2 is 2.29 bits per heavy atom. The summed E-state index contributed by atoms with van der Waals surface area (Å²) in [5.41, 5.74) is 5.05. The lowest BCUT2D eigenvalue weighted by molar-refractivity contribution is 0.633. The normalized spacial score (nSPS) is 13.0. The summed E-state index contributed by atoms with van der Waals surface area (Å²) in [7, 11) is 0. The Labute approximate surface area is 90.7 Å². The summed E-state index contributed by atoms with van der Waals surface area (Å²) in [6, 6.07) is 4.12. The maximum Gasteiger partial charge on any atom is 0.0986 e. The van der Waals surface area contributed by atoms with Crippen LogP contribution in [-0.2, 0) is 0 Å². The molecule has 3 N–H and O–H groups in total. The lowest BCUT2D eigenvalue weighted by atomic mass is 10.1. The molecule has 0 saturated heterocycles. The Kier molecular flexibility index (Phi) is 2.93. The third-order valence-corrected chi connectivity index (χ3v) is 3.74. The van der Waals surface area contributed by atoms with Crippen molar-refractivity contribution in [1.82, 2.24) is 9.80 Å². The average molecular weight is 225 g/mol. The highest BCUT2D eigenvalue weighted by Crippen LogP contribution is 2.28. The first-order valence-corrected chi connectivity index (χ1v) is 5.95. The number of nitrogens with two attached hydrogens (primary N) is 1. The highest BCUT2D eigenvalue weighted by atomic mass is 32.1. The molecule has 0 aliphatic carbocycles. The van der Waals surface area contributed by atoms with Crippen molar-refractivity contribution in [3.8, 4) is 0 Å². The van der Waals surface area contributed by atoms with Crippen molar-refractivity contribution >= 4 is 22.9 Å². The maximum atomic E-state index is 5.55. The van der Waals surface area contributed by atoms with Gasteiger partial charge in [0.2, 0.25) is 0 Å². The Morgan fingerprint density at radius 1 is 1.43 bits per heavy atom. The average Bonchev–Trinajstić information content (AvgIpc) is 2.80. The van der Waals surface area contributed by atoms with E-state index >= 15 is 0 Å². The van der Waals surface area contributed by atoms with Crippen molar-refractivity contribution in [2.45, 2.75) is 13.0 Å². The van der Waals surface area contributed by atoms with Gasteiger partial charge in [-0.3, -0.25) is 5.84 Å². The van der Waals surface area contributed by atoms with Crippen molar-refractivity contribution in [3.05, 3.63) is 39.0 Å². The van der Waals surface area contributed by atoms with Crippen LogP contribution < -0.4 is 11.3 Å². The van der Waals surface area contributed by atoms with E-state index in [1.165, 1.54) is 22.0 Å². The Morgan fingerprint density at radius 3 is 2.79 bits per heavy atom. The summed E-state index contributed by atoms with van der Waals surface area (Å²) >= 11 is 3.15. The highest BCUT2D eigenvalue weighted by Gasteiger charge is 2.17. The molecule has 0 radical (unpaired) electrons. The van der Waals surface area contributed by atoms with Gasteiger partial charge in [0.1, 0.15) is 0 Å². The number of hydrazine groups is 1. The van der Waals surface area contributed by atoms with Crippen molar-refractivity contribution < 1.29 is 0 Å². The number of hydrogen-bond donors (Lipinski definition) is 2. The molecule has 0 amide bonds. The van der Waals surface area contributed by atoms with Crippen LogP contribution in [0.15, 0.2) is 22.9 Å². The number of aromatic nitrogens is 1. The monoisotopic (exact) mass is 225 g/mol. The Hall–Kier alpha value is -0.750. The first-order valence-electron chi connectivity index (χ1n) is 4.23. The van der Waals surface area contributed by atoms with Crippen molar-refractivity contribution in [1.29, 1.82) is 0 Å². The van der Waals surface area contributed by atoms with Crippen LogP contribution in [0.1, 0.15) is 22.2 Å². The minimum absolute atomic E-state index is 0.0289. The second kappa shape index (κ2) is 4.18. The molecule has 0 bridgehead atoms. The first-order chi connectivity index (χ1) is 6.83. The van der Waals surface area contributed by atoms with E-state index in [1.807, 2.05) is 11.4 Å². The zero-order chi connectivity index (χ0) is 9.97. The van der Waals surface area contributed by atoms with Gasteiger partial charge in [0.25, 0.3) is 0 Å². The standard InChI is InChI=1S/C9H11N3S2/c1-6-2-4-13-9(6)8(11-10)7-3-5-14-12-7/h2-5,8,11H,10H2,1H3. The smallest absolute Gasteiger partial charge is 0.0986 e. The molecular formula is C9H11N3S2. The van der Waals surface area contributed by atoms with Gasteiger partial charge in [0.05, 0.1) is 11.7 Å². The van der Waals surface area contributed by atoms with Gasteiger partial charge in [-0.2, -0.15) is 4.37 Å². The van der Waals surface area contributed by atoms with Gasteiger partial charge in [0, 0.05) is 10.3 Å². The molecule has 0 aliphatic heterocycles. The molecular weight excluding hydrogens is 214 g/mol. The molecule has 2 aromatic rings. The van der Waals surface area contributed by atoms with Gasteiger partial charge >= 0.3 is 0 Å². The van der Waals surface area contributed by atoms with E-state index in [1.54, 1.807) is 11.3 Å². The van der Waals surface area contributed by atoms with E-state index < -0.39 is 0 Å². The third-order valence-electron chi connectivity index (χ3n) is 2.08. The molecule has 0 saturated carbocycles. The van der Waals surface area contributed by atoms with E-state index in [2.05, 4.69) is 28.2 Å². The van der Waals surface area contributed by atoms with Gasteiger partial charge in [-0.25, -0.2) is 5.43 Å². The summed E-state index contributed by atoms with van der Waals surface area (Å²) in [4.78, 5) is 1.23. The SMILES string of the molecule is Cc1ccsc1C(NN)c1ccsn1. The Bertz CT molecular complexity index is 394. The van der Waals surface area contributed by atoms with Crippen LogP contribution in [0.2, 0.25) is 0 Å². The lowest BCUT2D eigenvalue weighted by Crippen LogP contribution is -2.28. The molecule has 14 heavy (non-hydrogen) atoms. The Balaban J connectivity index is 2.36. The quantitative estimate of drug-likeness (QED) is 0.621. The van der Waals surface area contributed by atoms with E-state index in [4.69, 9.17) is 5.84 Å². The minimum Gasteiger partial charge on any atom is -0.270 e. The predicted octanol–water partition coefficient (Wildman–Crippen LogP) is 2.07. The van der Waals surface area contributed by atoms with Crippen molar-refractivity contribution in [3.63, 3.8) is 0 Å². The highest BCUT2D eigenvalue weighted by molar-refractivity contribution is 7.10. The van der Waals surface area contributed by atoms with Crippen LogP contribution >= 0.6 is 22.9 Å². The minimum atomic E-state index is 0.0289. The molecule has 2 rings (SSSR count). The number of aryl methyl sites for hydroxylation is 1. The van der Waals surface area contributed by atoms with Gasteiger partial charge in [0.15, 0.2) is 0 Å². The van der Waals surface area contributed by atoms with Crippen LogP contribution in [0.4, 0.5) is 0 Å². The number of nitrogens with zero attached hydrogens (tertiary/aromatic N) is 1. The number of rotatable bonds is 3. The van der Waals surface area contributed by atoms with E-state index in [-0.39, 0.29) is 6.04 Å². The summed E-state index contributed by atoms with van der Waals surface area (Å²) in [5, 5.41) is 4.03. The van der Waals surface area contributed by atoms with Gasteiger partial charge in [-0.15, -0.1) is 11.3 Å². The summed E-state index contributed by atoms with van der Waals surface area (Å²) in [5.74, 6) is 5.55. The molecule has 0 aliphatic rings. The van der Waals surface area contributed by atoms with Crippen LogP contribution in [-0.4, -0.2) is 4.37 Å². The zero-order valence-electron chi connectivity index (χ0n) is 7.73. The summed E-state index contributed by atoms with van der Waals surface area (Å²) < 4.78 is 4.29. The van der Waals surface area contributed by atoms with E-state index in [9.17, 15) is 0 Å². The molecule has 2 aromatic heterocycles. The molecule has 0 fully saturated rings. The molecule has 0 aromatic carbocycles. The van der Waals surface area contributed by atoms with E-state index in [0.29, 0.717) is 0 Å². The maximum absolute atomic E-state index is 5.55. The molecule has 1 unspecified atom stereocenters. The molecule has 74 valence electrons.